The van der Waals surface area contributed by atoms with Gasteiger partial charge in [0.1, 0.15) is 0 Å². The Kier molecular flexibility index (Phi) is 5.22. The lowest BCUT2D eigenvalue weighted by Gasteiger charge is -2.05. The number of amides is 3. The summed E-state index contributed by atoms with van der Waals surface area (Å²) < 4.78 is 2.29. The van der Waals surface area contributed by atoms with E-state index in [1.54, 1.807) is 30.3 Å². The van der Waals surface area contributed by atoms with Gasteiger partial charge >= 0.3 is 6.03 Å². The first kappa shape index (κ1) is 19.3. The van der Waals surface area contributed by atoms with Crippen molar-refractivity contribution in [1.82, 2.24) is 4.57 Å². The largest absolute Gasteiger partial charge is 0.351 e. The molecule has 0 atom stereocenters. The fourth-order valence-corrected chi connectivity index (χ4v) is 3.65. The van der Waals surface area contributed by atoms with Crippen LogP contribution < -0.4 is 16.4 Å². The van der Waals surface area contributed by atoms with E-state index < -0.39 is 6.03 Å². The summed E-state index contributed by atoms with van der Waals surface area (Å²) in [6.45, 7) is 3.04. The van der Waals surface area contributed by atoms with Crippen molar-refractivity contribution in [3.8, 4) is 0 Å². The summed E-state index contributed by atoms with van der Waals surface area (Å²) in [5.41, 5.74) is 9.63. The fraction of sp³-hybridized carbons (Fsp3) is 0.0833. The molecule has 1 aromatic heterocycles. The Hall–Kier alpha value is -4.06. The normalized spacial score (nSPS) is 11.2. The summed E-state index contributed by atoms with van der Waals surface area (Å²) in [6, 6.07) is 20.7. The van der Waals surface area contributed by atoms with Crippen LogP contribution in [0.4, 0.5) is 16.2 Å². The van der Waals surface area contributed by atoms with E-state index in [-0.39, 0.29) is 5.91 Å². The minimum atomic E-state index is -0.631. The number of urea groups is 1. The van der Waals surface area contributed by atoms with Gasteiger partial charge in [-0.05, 0) is 61.0 Å². The molecule has 0 spiro atoms. The fourth-order valence-electron chi connectivity index (χ4n) is 3.65. The van der Waals surface area contributed by atoms with Crippen LogP contribution in [0.1, 0.15) is 12.5 Å². The average Bonchev–Trinajstić information content (AvgIpc) is 3.06. The van der Waals surface area contributed by atoms with E-state index in [4.69, 9.17) is 5.73 Å². The van der Waals surface area contributed by atoms with Crippen LogP contribution in [0.3, 0.4) is 0 Å². The zero-order chi connectivity index (χ0) is 21.1. The molecule has 4 rings (SSSR count). The molecule has 0 bridgehead atoms. The van der Waals surface area contributed by atoms with E-state index in [1.807, 2.05) is 12.1 Å². The van der Waals surface area contributed by atoms with E-state index in [1.165, 1.54) is 27.9 Å². The highest BCUT2D eigenvalue weighted by atomic mass is 16.2. The minimum absolute atomic E-state index is 0.235. The lowest BCUT2D eigenvalue weighted by molar-refractivity contribution is -0.111. The SMILES string of the molecule is CCn1c2ccccc2c2cc(/C=C/C(=O)Nc3ccc(NC(N)=O)cc3)ccc21. The molecule has 150 valence electrons. The van der Waals surface area contributed by atoms with Crippen molar-refractivity contribution >= 4 is 51.2 Å². The number of aryl methyl sites for hydroxylation is 1. The summed E-state index contributed by atoms with van der Waals surface area (Å²) >= 11 is 0. The van der Waals surface area contributed by atoms with Gasteiger partial charge in [0.15, 0.2) is 0 Å². The Bertz CT molecular complexity index is 1270. The van der Waals surface area contributed by atoms with Crippen LogP contribution in [0.2, 0.25) is 0 Å². The number of hydrogen-bond acceptors (Lipinski definition) is 2. The first-order chi connectivity index (χ1) is 14.5. The summed E-state index contributed by atoms with van der Waals surface area (Å²) in [6.07, 6.45) is 3.31. The predicted octanol–water partition coefficient (Wildman–Crippen LogP) is 4.96. The van der Waals surface area contributed by atoms with Crippen molar-refractivity contribution in [2.45, 2.75) is 13.5 Å². The van der Waals surface area contributed by atoms with Crippen molar-refractivity contribution in [2.24, 2.45) is 5.73 Å². The zero-order valence-corrected chi connectivity index (χ0v) is 16.6. The highest BCUT2D eigenvalue weighted by Crippen LogP contribution is 2.30. The van der Waals surface area contributed by atoms with E-state index in [0.717, 1.165) is 12.1 Å². The Labute approximate surface area is 174 Å². The van der Waals surface area contributed by atoms with Crippen molar-refractivity contribution in [3.63, 3.8) is 0 Å². The lowest BCUT2D eigenvalue weighted by atomic mass is 10.1. The van der Waals surface area contributed by atoms with Crippen molar-refractivity contribution in [3.05, 3.63) is 78.4 Å². The molecule has 3 aromatic carbocycles. The van der Waals surface area contributed by atoms with Crippen LogP contribution in [-0.4, -0.2) is 16.5 Å². The number of carbonyl (C=O) groups is 2. The maximum atomic E-state index is 12.3. The standard InChI is InChI=1S/C24H22N4O2/c1-2-28-21-6-4-3-5-19(21)20-15-16(7-13-22(20)28)8-14-23(29)26-17-9-11-18(12-10-17)27-24(25)30/h3-15H,2H2,1H3,(H,26,29)(H3,25,27,30)/b14-8+. The molecule has 4 aromatic rings. The van der Waals surface area contributed by atoms with Crippen LogP contribution in [0.5, 0.6) is 0 Å². The van der Waals surface area contributed by atoms with Gasteiger partial charge in [0.05, 0.1) is 0 Å². The second kappa shape index (κ2) is 8.13. The zero-order valence-electron chi connectivity index (χ0n) is 16.6. The van der Waals surface area contributed by atoms with E-state index in [0.29, 0.717) is 11.4 Å². The van der Waals surface area contributed by atoms with Crippen molar-refractivity contribution < 1.29 is 9.59 Å². The van der Waals surface area contributed by atoms with Gasteiger partial charge in [0, 0.05) is 45.8 Å². The third kappa shape index (κ3) is 3.89. The van der Waals surface area contributed by atoms with Crippen LogP contribution >= 0.6 is 0 Å². The molecule has 0 unspecified atom stereocenters. The number of nitrogens with two attached hydrogens (primary N) is 1. The van der Waals surface area contributed by atoms with Crippen molar-refractivity contribution in [1.29, 1.82) is 0 Å². The molecule has 6 nitrogen and oxygen atoms in total. The molecule has 6 heteroatoms. The smallest absolute Gasteiger partial charge is 0.316 e. The molecule has 3 amide bonds. The Morgan fingerprint density at radius 2 is 1.57 bits per heavy atom. The van der Waals surface area contributed by atoms with Gasteiger partial charge in [0.25, 0.3) is 0 Å². The predicted molar refractivity (Wildman–Crippen MR) is 122 cm³/mol. The topological polar surface area (TPSA) is 89.2 Å². The third-order valence-electron chi connectivity index (χ3n) is 4.96. The summed E-state index contributed by atoms with van der Waals surface area (Å²) in [7, 11) is 0. The number of hydrogen-bond donors (Lipinski definition) is 3. The number of fused-ring (bicyclic) bond motifs is 3. The minimum Gasteiger partial charge on any atom is -0.351 e. The molecule has 0 radical (unpaired) electrons. The monoisotopic (exact) mass is 398 g/mol. The van der Waals surface area contributed by atoms with E-state index in [9.17, 15) is 9.59 Å². The summed E-state index contributed by atoms with van der Waals surface area (Å²) in [5.74, 6) is -0.235. The highest BCUT2D eigenvalue weighted by molar-refractivity contribution is 6.09. The van der Waals surface area contributed by atoms with Gasteiger partial charge < -0.3 is 20.9 Å². The molecule has 0 saturated carbocycles. The molecule has 1 heterocycles. The molecular weight excluding hydrogens is 376 g/mol. The van der Waals surface area contributed by atoms with E-state index >= 15 is 0 Å². The molecular formula is C24H22N4O2. The number of benzene rings is 3. The second-order valence-electron chi connectivity index (χ2n) is 6.93. The average molecular weight is 398 g/mol. The van der Waals surface area contributed by atoms with Gasteiger partial charge in [-0.25, -0.2) is 4.79 Å². The number of rotatable bonds is 5. The van der Waals surface area contributed by atoms with Crippen LogP contribution in [0.25, 0.3) is 27.9 Å². The van der Waals surface area contributed by atoms with Gasteiger partial charge in [-0.15, -0.1) is 0 Å². The molecule has 0 saturated heterocycles. The molecule has 0 aliphatic carbocycles. The van der Waals surface area contributed by atoms with Crippen molar-refractivity contribution in [2.75, 3.05) is 10.6 Å². The highest BCUT2D eigenvalue weighted by Gasteiger charge is 2.09. The first-order valence-corrected chi connectivity index (χ1v) is 9.71. The van der Waals surface area contributed by atoms with Crippen LogP contribution in [0.15, 0.2) is 72.8 Å². The van der Waals surface area contributed by atoms with Crippen LogP contribution in [-0.2, 0) is 11.3 Å². The van der Waals surface area contributed by atoms with Crippen LogP contribution in [0, 0.1) is 0 Å². The number of nitrogens with zero attached hydrogens (tertiary/aromatic N) is 1. The number of para-hydroxylation sites is 1. The summed E-state index contributed by atoms with van der Waals surface area (Å²) in [5, 5.41) is 7.66. The molecule has 0 aliphatic heterocycles. The Balaban J connectivity index is 1.53. The number of anilines is 2. The molecule has 0 fully saturated rings. The maximum absolute atomic E-state index is 12.3. The quantitative estimate of drug-likeness (QED) is 0.415. The maximum Gasteiger partial charge on any atom is 0.316 e. The number of carbonyl (C=O) groups excluding carboxylic acids is 2. The van der Waals surface area contributed by atoms with Gasteiger partial charge in [0.2, 0.25) is 5.91 Å². The Morgan fingerprint density at radius 3 is 2.27 bits per heavy atom. The molecule has 4 N–H and O–H groups in total. The number of primary amides is 1. The molecule has 30 heavy (non-hydrogen) atoms. The summed E-state index contributed by atoms with van der Waals surface area (Å²) in [4.78, 5) is 23.1. The lowest BCUT2D eigenvalue weighted by Crippen LogP contribution is -2.19. The van der Waals surface area contributed by atoms with Gasteiger partial charge in [-0.3, -0.25) is 4.79 Å². The first-order valence-electron chi connectivity index (χ1n) is 9.71. The molecule has 0 aliphatic rings. The second-order valence-corrected chi connectivity index (χ2v) is 6.93. The third-order valence-corrected chi connectivity index (χ3v) is 4.96. The van der Waals surface area contributed by atoms with Gasteiger partial charge in [-0.2, -0.15) is 0 Å². The number of aromatic nitrogens is 1. The van der Waals surface area contributed by atoms with Gasteiger partial charge in [-0.1, -0.05) is 24.3 Å². The Morgan fingerprint density at radius 1 is 0.900 bits per heavy atom. The van der Waals surface area contributed by atoms with E-state index in [2.05, 4.69) is 52.5 Å². The number of nitrogens with one attached hydrogen (secondary N) is 2.